The van der Waals surface area contributed by atoms with E-state index in [4.69, 9.17) is 13.9 Å². The Bertz CT molecular complexity index is 707. The van der Waals surface area contributed by atoms with Crippen molar-refractivity contribution < 1.29 is 13.9 Å². The number of aromatic nitrogens is 1. The maximum atomic E-state index is 5.91. The van der Waals surface area contributed by atoms with Crippen molar-refractivity contribution in [2.45, 2.75) is 26.5 Å². The lowest BCUT2D eigenvalue weighted by Crippen LogP contribution is -2.45. The van der Waals surface area contributed by atoms with Crippen LogP contribution in [0.4, 0.5) is 0 Å². The Kier molecular flexibility index (Phi) is 4.88. The van der Waals surface area contributed by atoms with Crippen molar-refractivity contribution in [3.05, 3.63) is 41.6 Å². The van der Waals surface area contributed by atoms with Crippen molar-refractivity contribution in [2.75, 3.05) is 20.2 Å². The fourth-order valence-electron chi connectivity index (χ4n) is 2.37. The lowest BCUT2D eigenvalue weighted by molar-refractivity contribution is 0.0936. The molecule has 2 aromatic rings. The number of oxazole rings is 1. The number of ether oxygens (including phenoxy) is 2. The highest BCUT2D eigenvalue weighted by Crippen LogP contribution is 2.30. The predicted octanol–water partition coefficient (Wildman–Crippen LogP) is 1.80. The lowest BCUT2D eigenvalue weighted by atomic mass is 10.2. The number of benzene rings is 1. The highest BCUT2D eigenvalue weighted by atomic mass is 16.6. The Balaban J connectivity index is 1.48. The smallest absolute Gasteiger partial charge is 0.214 e. The zero-order valence-corrected chi connectivity index (χ0v) is 14.1. The van der Waals surface area contributed by atoms with Crippen molar-refractivity contribution in [3.8, 4) is 11.5 Å². The number of hydrogen-bond donors (Lipinski definition) is 2. The quantitative estimate of drug-likeness (QED) is 0.657. The fourth-order valence-corrected chi connectivity index (χ4v) is 2.37. The molecule has 1 aromatic carbocycles. The van der Waals surface area contributed by atoms with Crippen molar-refractivity contribution in [1.82, 2.24) is 15.6 Å². The van der Waals surface area contributed by atoms with Gasteiger partial charge in [-0.05, 0) is 26.0 Å². The number of fused-ring (bicyclic) bond motifs is 1. The molecule has 2 heterocycles. The van der Waals surface area contributed by atoms with Crippen LogP contribution in [0.25, 0.3) is 0 Å². The SMILES string of the molecule is CN=C(NCc1nc(C)c(C)o1)NCC1COc2ccccc2O1. The van der Waals surface area contributed by atoms with E-state index in [2.05, 4.69) is 20.6 Å². The van der Waals surface area contributed by atoms with Gasteiger partial charge in [0.2, 0.25) is 5.89 Å². The summed E-state index contributed by atoms with van der Waals surface area (Å²) in [5, 5.41) is 6.40. The highest BCUT2D eigenvalue weighted by molar-refractivity contribution is 5.79. The van der Waals surface area contributed by atoms with E-state index in [9.17, 15) is 0 Å². The van der Waals surface area contributed by atoms with Gasteiger partial charge in [0.05, 0.1) is 18.8 Å². The van der Waals surface area contributed by atoms with E-state index >= 15 is 0 Å². The normalized spacial score (nSPS) is 16.8. The minimum Gasteiger partial charge on any atom is -0.486 e. The van der Waals surface area contributed by atoms with Crippen LogP contribution >= 0.6 is 0 Å². The molecule has 1 aliphatic rings. The molecule has 1 unspecified atom stereocenters. The Labute approximate surface area is 141 Å². The largest absolute Gasteiger partial charge is 0.486 e. The van der Waals surface area contributed by atoms with Gasteiger partial charge in [0.1, 0.15) is 18.5 Å². The lowest BCUT2D eigenvalue weighted by Gasteiger charge is -2.27. The fraction of sp³-hybridized carbons (Fsp3) is 0.412. The van der Waals surface area contributed by atoms with Gasteiger partial charge in [-0.25, -0.2) is 4.98 Å². The molecule has 0 radical (unpaired) electrons. The van der Waals surface area contributed by atoms with Crippen LogP contribution in [0.3, 0.4) is 0 Å². The van der Waals surface area contributed by atoms with Crippen LogP contribution in [0.1, 0.15) is 17.3 Å². The van der Waals surface area contributed by atoms with E-state index in [1.165, 1.54) is 0 Å². The zero-order chi connectivity index (χ0) is 16.9. The number of rotatable bonds is 4. The van der Waals surface area contributed by atoms with Crippen molar-refractivity contribution in [3.63, 3.8) is 0 Å². The minimum absolute atomic E-state index is 0.0790. The maximum Gasteiger partial charge on any atom is 0.214 e. The van der Waals surface area contributed by atoms with Gasteiger partial charge in [-0.2, -0.15) is 0 Å². The number of guanidine groups is 1. The van der Waals surface area contributed by atoms with E-state index < -0.39 is 0 Å². The number of para-hydroxylation sites is 2. The zero-order valence-electron chi connectivity index (χ0n) is 14.1. The number of nitrogens with one attached hydrogen (secondary N) is 2. The predicted molar refractivity (Wildman–Crippen MR) is 90.5 cm³/mol. The van der Waals surface area contributed by atoms with Crippen molar-refractivity contribution in [1.29, 1.82) is 0 Å². The number of nitrogens with zero attached hydrogens (tertiary/aromatic N) is 2. The second-order valence-electron chi connectivity index (χ2n) is 5.55. The number of aliphatic imine (C=N–C) groups is 1. The number of aryl methyl sites for hydroxylation is 2. The molecule has 2 N–H and O–H groups in total. The van der Waals surface area contributed by atoms with E-state index in [0.29, 0.717) is 31.5 Å². The molecule has 0 amide bonds. The molecule has 7 nitrogen and oxygen atoms in total. The third-order valence-corrected chi connectivity index (χ3v) is 3.77. The first-order valence-electron chi connectivity index (χ1n) is 7.91. The topological polar surface area (TPSA) is 80.9 Å². The molecule has 3 rings (SSSR count). The van der Waals surface area contributed by atoms with E-state index in [0.717, 1.165) is 23.0 Å². The Morgan fingerprint density at radius 3 is 2.75 bits per heavy atom. The second kappa shape index (κ2) is 7.25. The summed E-state index contributed by atoms with van der Waals surface area (Å²) in [6.45, 7) is 5.38. The van der Waals surface area contributed by atoms with Crippen LogP contribution in [-0.2, 0) is 6.54 Å². The standard InChI is InChI=1S/C17H22N4O3/c1-11-12(2)23-16(21-11)9-20-17(18-3)19-8-13-10-22-14-6-4-5-7-15(14)24-13/h4-7,13H,8-10H2,1-3H3,(H2,18,19,20). The van der Waals surface area contributed by atoms with Gasteiger partial charge < -0.3 is 24.5 Å². The molecule has 0 saturated heterocycles. The summed E-state index contributed by atoms with van der Waals surface area (Å²) in [5.74, 6) is 3.68. The summed E-state index contributed by atoms with van der Waals surface area (Å²) in [5.41, 5.74) is 0.904. The summed E-state index contributed by atoms with van der Waals surface area (Å²) >= 11 is 0. The van der Waals surface area contributed by atoms with E-state index in [-0.39, 0.29) is 6.10 Å². The third kappa shape index (κ3) is 3.79. The molecule has 1 atom stereocenters. The van der Waals surface area contributed by atoms with Gasteiger partial charge in [0.25, 0.3) is 0 Å². The molecule has 0 spiro atoms. The molecule has 24 heavy (non-hydrogen) atoms. The Morgan fingerprint density at radius 1 is 1.25 bits per heavy atom. The van der Waals surface area contributed by atoms with Gasteiger partial charge >= 0.3 is 0 Å². The van der Waals surface area contributed by atoms with Crippen LogP contribution < -0.4 is 20.1 Å². The Morgan fingerprint density at radius 2 is 2.04 bits per heavy atom. The molecule has 1 aromatic heterocycles. The highest BCUT2D eigenvalue weighted by Gasteiger charge is 2.20. The van der Waals surface area contributed by atoms with Gasteiger partial charge in [-0.1, -0.05) is 12.1 Å². The summed E-state index contributed by atoms with van der Waals surface area (Å²) in [6.07, 6.45) is -0.0790. The molecule has 7 heteroatoms. The van der Waals surface area contributed by atoms with Crippen molar-refractivity contribution in [2.24, 2.45) is 4.99 Å². The Hall–Kier alpha value is -2.70. The maximum absolute atomic E-state index is 5.91. The van der Waals surface area contributed by atoms with E-state index in [1.54, 1.807) is 7.05 Å². The van der Waals surface area contributed by atoms with Crippen LogP contribution in [0.5, 0.6) is 11.5 Å². The monoisotopic (exact) mass is 330 g/mol. The first kappa shape index (κ1) is 16.2. The van der Waals surface area contributed by atoms with Crippen LogP contribution in [-0.4, -0.2) is 37.2 Å². The first-order valence-corrected chi connectivity index (χ1v) is 7.91. The van der Waals surface area contributed by atoms with Crippen LogP contribution in [0.15, 0.2) is 33.7 Å². The van der Waals surface area contributed by atoms with Gasteiger partial charge in [-0.3, -0.25) is 4.99 Å². The minimum atomic E-state index is -0.0790. The molecule has 0 bridgehead atoms. The molecular formula is C17H22N4O3. The van der Waals surface area contributed by atoms with Crippen molar-refractivity contribution >= 4 is 5.96 Å². The van der Waals surface area contributed by atoms with Crippen LogP contribution in [0.2, 0.25) is 0 Å². The second-order valence-corrected chi connectivity index (χ2v) is 5.55. The summed E-state index contributed by atoms with van der Waals surface area (Å²) in [7, 11) is 1.72. The molecule has 0 saturated carbocycles. The van der Waals surface area contributed by atoms with E-state index in [1.807, 2.05) is 38.1 Å². The third-order valence-electron chi connectivity index (χ3n) is 3.77. The average Bonchev–Trinajstić information content (AvgIpc) is 2.93. The molecular weight excluding hydrogens is 308 g/mol. The summed E-state index contributed by atoms with van der Waals surface area (Å²) < 4.78 is 17.1. The molecule has 0 aliphatic carbocycles. The average molecular weight is 330 g/mol. The summed E-state index contributed by atoms with van der Waals surface area (Å²) in [6, 6.07) is 7.67. The van der Waals surface area contributed by atoms with Gasteiger partial charge in [0, 0.05) is 7.05 Å². The number of hydrogen-bond acceptors (Lipinski definition) is 5. The molecule has 1 aliphatic heterocycles. The van der Waals surface area contributed by atoms with Crippen LogP contribution in [0, 0.1) is 13.8 Å². The molecule has 128 valence electrons. The van der Waals surface area contributed by atoms with Gasteiger partial charge in [0.15, 0.2) is 17.5 Å². The first-order chi connectivity index (χ1) is 11.7. The summed E-state index contributed by atoms with van der Waals surface area (Å²) in [4.78, 5) is 8.52. The molecule has 0 fully saturated rings. The van der Waals surface area contributed by atoms with Gasteiger partial charge in [-0.15, -0.1) is 0 Å².